The Balaban J connectivity index is 1.67. The highest BCUT2D eigenvalue weighted by molar-refractivity contribution is 6.32. The molecule has 6 amide bonds. The normalized spacial score (nSPS) is 16.1. The Hall–Kier alpha value is -4.34. The number of anilines is 2. The van der Waals surface area contributed by atoms with Crippen LogP contribution in [0.2, 0.25) is 0 Å². The zero-order valence-electron chi connectivity index (χ0n) is 17.4. The van der Waals surface area contributed by atoms with Crippen LogP contribution in [0.25, 0.3) is 0 Å². The number of hydrazone groups is 1. The van der Waals surface area contributed by atoms with E-state index in [1.165, 1.54) is 12.1 Å². The van der Waals surface area contributed by atoms with Gasteiger partial charge in [0.15, 0.2) is 5.92 Å². The second-order valence-corrected chi connectivity index (χ2v) is 6.98. The van der Waals surface area contributed by atoms with Crippen molar-refractivity contribution in [3.05, 3.63) is 59.7 Å². The Labute approximate surface area is 183 Å². The van der Waals surface area contributed by atoms with Gasteiger partial charge in [-0.05, 0) is 48.9 Å². The van der Waals surface area contributed by atoms with Gasteiger partial charge in [-0.2, -0.15) is 5.10 Å². The summed E-state index contributed by atoms with van der Waals surface area (Å²) in [5, 5.41) is 8.49. The van der Waals surface area contributed by atoms with Gasteiger partial charge >= 0.3 is 6.03 Å². The van der Waals surface area contributed by atoms with Crippen molar-refractivity contribution in [1.82, 2.24) is 10.7 Å². The summed E-state index contributed by atoms with van der Waals surface area (Å²) < 4.78 is 0. The van der Waals surface area contributed by atoms with Crippen molar-refractivity contribution in [2.45, 2.75) is 20.3 Å². The molecular formula is C22H21N5O5. The lowest BCUT2D eigenvalue weighted by molar-refractivity contribution is -0.131. The molecule has 1 atom stereocenters. The van der Waals surface area contributed by atoms with Crippen LogP contribution in [0.4, 0.5) is 16.2 Å². The Kier molecular flexibility index (Phi) is 6.74. The van der Waals surface area contributed by atoms with Gasteiger partial charge in [-0.3, -0.25) is 24.5 Å². The zero-order valence-corrected chi connectivity index (χ0v) is 17.4. The van der Waals surface area contributed by atoms with E-state index in [2.05, 4.69) is 21.2 Å². The van der Waals surface area contributed by atoms with Crippen molar-refractivity contribution >= 4 is 47.2 Å². The van der Waals surface area contributed by atoms with Gasteiger partial charge in [0, 0.05) is 23.9 Å². The van der Waals surface area contributed by atoms with Gasteiger partial charge in [0.25, 0.3) is 11.8 Å². The number of carbonyl (C=O) groups excluding carboxylic acids is 5. The first-order valence-corrected chi connectivity index (χ1v) is 9.79. The van der Waals surface area contributed by atoms with Gasteiger partial charge in [0.05, 0.1) is 5.69 Å². The fraction of sp³-hybridized carbons (Fsp3) is 0.182. The van der Waals surface area contributed by atoms with Crippen molar-refractivity contribution < 1.29 is 24.0 Å². The number of carbonyl (C=O) groups is 5. The van der Waals surface area contributed by atoms with Crippen LogP contribution >= 0.6 is 0 Å². The molecule has 2 aromatic rings. The van der Waals surface area contributed by atoms with Crippen LogP contribution in [0.5, 0.6) is 0 Å². The zero-order chi connectivity index (χ0) is 23.3. The number of hydrogen-bond acceptors (Lipinski definition) is 6. The van der Waals surface area contributed by atoms with E-state index in [1.807, 2.05) is 0 Å². The molecule has 10 nitrogen and oxygen atoms in total. The molecule has 0 unspecified atom stereocenters. The highest BCUT2D eigenvalue weighted by atomic mass is 16.2. The van der Waals surface area contributed by atoms with Crippen LogP contribution < -0.4 is 21.0 Å². The standard InChI is InChI=1S/C22H21N5O5/c1-3-18(28)24-15-9-7-14(8-10-15)19(29)26-23-12-17-20(30)25-22(32)27(21(17)31)16-6-4-5-13(2)11-16/h4-12,17H,3H2,1-2H3,(H,24,28)(H,26,29)(H,25,30,32)/b23-12-/t17-/m0/s1. The van der Waals surface area contributed by atoms with E-state index in [0.29, 0.717) is 17.8 Å². The Morgan fingerprint density at radius 1 is 1.12 bits per heavy atom. The summed E-state index contributed by atoms with van der Waals surface area (Å²) in [4.78, 5) is 61.6. The molecule has 32 heavy (non-hydrogen) atoms. The largest absolute Gasteiger partial charge is 0.335 e. The second-order valence-electron chi connectivity index (χ2n) is 6.98. The van der Waals surface area contributed by atoms with Gasteiger partial charge in [-0.1, -0.05) is 19.1 Å². The van der Waals surface area contributed by atoms with E-state index < -0.39 is 29.7 Å². The Morgan fingerprint density at radius 3 is 2.50 bits per heavy atom. The molecule has 1 fully saturated rings. The SMILES string of the molecule is CCC(=O)Nc1ccc(C(=O)N/N=C\[C@H]2C(=O)NC(=O)N(c3cccc(C)c3)C2=O)cc1. The minimum absolute atomic E-state index is 0.152. The van der Waals surface area contributed by atoms with Crippen molar-refractivity contribution in [2.24, 2.45) is 11.0 Å². The molecule has 1 aliphatic heterocycles. The van der Waals surface area contributed by atoms with E-state index in [1.54, 1.807) is 50.2 Å². The fourth-order valence-corrected chi connectivity index (χ4v) is 2.92. The highest BCUT2D eigenvalue weighted by Gasteiger charge is 2.40. The van der Waals surface area contributed by atoms with Gasteiger partial charge in [-0.25, -0.2) is 15.1 Å². The predicted molar refractivity (Wildman–Crippen MR) is 117 cm³/mol. The van der Waals surface area contributed by atoms with Crippen molar-refractivity contribution in [3.63, 3.8) is 0 Å². The molecule has 1 heterocycles. The Bertz CT molecular complexity index is 1110. The minimum Gasteiger partial charge on any atom is -0.326 e. The van der Waals surface area contributed by atoms with Crippen LogP contribution in [-0.2, 0) is 14.4 Å². The molecule has 2 aromatic carbocycles. The number of hydrogen-bond donors (Lipinski definition) is 3. The first kappa shape index (κ1) is 22.3. The first-order valence-electron chi connectivity index (χ1n) is 9.79. The monoisotopic (exact) mass is 435 g/mol. The summed E-state index contributed by atoms with van der Waals surface area (Å²) in [6.45, 7) is 3.53. The third-order valence-corrected chi connectivity index (χ3v) is 4.60. The van der Waals surface area contributed by atoms with E-state index in [0.717, 1.165) is 16.7 Å². The molecule has 0 aliphatic carbocycles. The molecule has 3 N–H and O–H groups in total. The van der Waals surface area contributed by atoms with Crippen LogP contribution in [-0.4, -0.2) is 35.9 Å². The molecular weight excluding hydrogens is 414 g/mol. The topological polar surface area (TPSA) is 137 Å². The first-order chi connectivity index (χ1) is 15.3. The number of nitrogens with one attached hydrogen (secondary N) is 3. The molecule has 3 rings (SSSR count). The number of rotatable bonds is 6. The molecule has 0 spiro atoms. The van der Waals surface area contributed by atoms with Gasteiger partial charge < -0.3 is 5.32 Å². The number of aryl methyl sites for hydroxylation is 1. The number of barbiturate groups is 1. The smallest absolute Gasteiger partial charge is 0.326 e. The van der Waals surface area contributed by atoms with Crippen LogP contribution in [0, 0.1) is 12.8 Å². The average molecular weight is 435 g/mol. The van der Waals surface area contributed by atoms with Crippen LogP contribution in [0.3, 0.4) is 0 Å². The second kappa shape index (κ2) is 9.65. The molecule has 10 heteroatoms. The molecule has 0 radical (unpaired) electrons. The summed E-state index contributed by atoms with van der Waals surface area (Å²) in [5.41, 5.74) is 4.19. The molecule has 1 aliphatic rings. The average Bonchev–Trinajstić information content (AvgIpc) is 2.76. The third kappa shape index (κ3) is 5.04. The van der Waals surface area contributed by atoms with E-state index >= 15 is 0 Å². The van der Waals surface area contributed by atoms with Crippen LogP contribution in [0.15, 0.2) is 53.6 Å². The van der Waals surface area contributed by atoms with Crippen LogP contribution in [0.1, 0.15) is 29.3 Å². The lowest BCUT2D eigenvalue weighted by Gasteiger charge is -2.28. The summed E-state index contributed by atoms with van der Waals surface area (Å²) in [5.74, 6) is -3.73. The molecule has 1 saturated heterocycles. The minimum atomic E-state index is -1.39. The molecule has 0 aromatic heterocycles. The van der Waals surface area contributed by atoms with Crippen molar-refractivity contribution in [1.29, 1.82) is 0 Å². The lowest BCUT2D eigenvalue weighted by Crippen LogP contribution is -2.58. The predicted octanol–water partition coefficient (Wildman–Crippen LogP) is 1.96. The van der Waals surface area contributed by atoms with Crippen molar-refractivity contribution in [2.75, 3.05) is 10.2 Å². The summed E-state index contributed by atoms with van der Waals surface area (Å²) in [6.07, 6.45) is 1.30. The summed E-state index contributed by atoms with van der Waals surface area (Å²) in [6, 6.07) is 12.0. The van der Waals surface area contributed by atoms with E-state index in [9.17, 15) is 24.0 Å². The third-order valence-electron chi connectivity index (χ3n) is 4.60. The maximum atomic E-state index is 12.8. The van der Waals surface area contributed by atoms with E-state index in [4.69, 9.17) is 0 Å². The number of benzene rings is 2. The number of nitrogens with zero attached hydrogens (tertiary/aromatic N) is 2. The van der Waals surface area contributed by atoms with Gasteiger partial charge in [0.2, 0.25) is 11.8 Å². The van der Waals surface area contributed by atoms with Gasteiger partial charge in [0.1, 0.15) is 0 Å². The quantitative estimate of drug-likeness (QED) is 0.362. The number of urea groups is 1. The molecule has 164 valence electrons. The van der Waals surface area contributed by atoms with Crippen molar-refractivity contribution in [3.8, 4) is 0 Å². The maximum Gasteiger partial charge on any atom is 0.335 e. The maximum absolute atomic E-state index is 12.8. The molecule has 0 bridgehead atoms. The number of imide groups is 2. The Morgan fingerprint density at radius 2 is 1.84 bits per heavy atom. The van der Waals surface area contributed by atoms with Gasteiger partial charge in [-0.15, -0.1) is 0 Å². The lowest BCUT2D eigenvalue weighted by atomic mass is 10.1. The summed E-state index contributed by atoms with van der Waals surface area (Å²) in [7, 11) is 0. The molecule has 0 saturated carbocycles. The number of amides is 6. The van der Waals surface area contributed by atoms with E-state index in [-0.39, 0.29) is 11.5 Å². The summed E-state index contributed by atoms with van der Waals surface area (Å²) >= 11 is 0. The fourth-order valence-electron chi connectivity index (χ4n) is 2.92. The highest BCUT2D eigenvalue weighted by Crippen LogP contribution is 2.21.